The predicted octanol–water partition coefficient (Wildman–Crippen LogP) is 3.43. The number of hydrogen-bond acceptors (Lipinski definition) is 4. The third-order valence-corrected chi connectivity index (χ3v) is 8.50. The molecule has 4 rings (SSSR count). The molecule has 2 fully saturated rings. The van der Waals surface area contributed by atoms with Crippen LogP contribution in [0.4, 0.5) is 0 Å². The fourth-order valence-electron chi connectivity index (χ4n) is 6.97. The van der Waals surface area contributed by atoms with Gasteiger partial charge in [-0.15, -0.1) is 0 Å². The topological polar surface area (TPSA) is 72.3 Å². The first-order valence-corrected chi connectivity index (χ1v) is 10.1. The van der Waals surface area contributed by atoms with Crippen molar-refractivity contribution in [2.24, 2.45) is 46.2 Å². The lowest BCUT2D eigenvalue weighted by Gasteiger charge is -2.54. The maximum Gasteiger partial charge on any atom is 0.140 e. The van der Waals surface area contributed by atoms with Crippen molar-refractivity contribution in [3.8, 4) is 0 Å². The van der Waals surface area contributed by atoms with Gasteiger partial charge in [0.25, 0.3) is 0 Å². The Kier molecular flexibility index (Phi) is 4.27. The van der Waals surface area contributed by atoms with E-state index in [2.05, 4.69) is 25.9 Å². The fourth-order valence-corrected chi connectivity index (χ4v) is 6.97. The first kappa shape index (κ1) is 17.5. The van der Waals surface area contributed by atoms with Crippen molar-refractivity contribution in [2.45, 2.75) is 59.3 Å². The van der Waals surface area contributed by atoms with E-state index in [0.29, 0.717) is 17.3 Å². The molecule has 4 nitrogen and oxygen atoms in total. The van der Waals surface area contributed by atoms with E-state index in [4.69, 9.17) is 10.3 Å². The third-order valence-electron chi connectivity index (χ3n) is 8.50. The summed E-state index contributed by atoms with van der Waals surface area (Å²) in [4.78, 5) is 0. The highest BCUT2D eigenvalue weighted by molar-refractivity contribution is 5.22. The molecule has 1 aromatic rings. The van der Waals surface area contributed by atoms with E-state index >= 15 is 0 Å². The van der Waals surface area contributed by atoms with Gasteiger partial charge in [-0.3, -0.25) is 0 Å². The van der Waals surface area contributed by atoms with Crippen LogP contribution < -0.4 is 5.73 Å². The Morgan fingerprint density at radius 2 is 2.00 bits per heavy atom. The first-order valence-electron chi connectivity index (χ1n) is 10.1. The zero-order chi connectivity index (χ0) is 17.8. The normalized spacial score (nSPS) is 42.8. The molecule has 1 heterocycles. The molecule has 0 spiro atoms. The molecule has 4 heteroatoms. The molecule has 0 radical (unpaired) electrons. The standard InChI is InChI=1S/C21H34N2O2/c1-20(2)7-6-15-16(10-22)18(5-4-17(15)20)21(3)9-13-11-23-25-19(13)8-14(21)12-24/h11,14-18,24H,4-10,12,22H2,1-3H3/t14-,15-,16-,17+,18+,21+/m1/s1. The minimum atomic E-state index is 0.0923. The Morgan fingerprint density at radius 3 is 2.72 bits per heavy atom. The van der Waals surface area contributed by atoms with Crippen LogP contribution in [0.25, 0.3) is 0 Å². The van der Waals surface area contributed by atoms with Crippen molar-refractivity contribution in [1.29, 1.82) is 0 Å². The minimum Gasteiger partial charge on any atom is -0.396 e. The second-order valence-electron chi connectivity index (χ2n) is 9.92. The van der Waals surface area contributed by atoms with E-state index in [9.17, 15) is 5.11 Å². The molecule has 6 atom stereocenters. The van der Waals surface area contributed by atoms with Crippen molar-refractivity contribution in [1.82, 2.24) is 5.16 Å². The number of aliphatic hydroxyl groups is 1. The summed E-state index contributed by atoms with van der Waals surface area (Å²) in [5.74, 6) is 3.99. The molecule has 0 aromatic carbocycles. The maximum absolute atomic E-state index is 10.2. The smallest absolute Gasteiger partial charge is 0.140 e. The molecule has 0 saturated heterocycles. The monoisotopic (exact) mass is 346 g/mol. The van der Waals surface area contributed by atoms with Crippen LogP contribution in [-0.4, -0.2) is 23.4 Å². The van der Waals surface area contributed by atoms with Crippen LogP contribution in [0.2, 0.25) is 0 Å². The van der Waals surface area contributed by atoms with E-state index in [1.807, 2.05) is 6.20 Å². The average molecular weight is 347 g/mol. The van der Waals surface area contributed by atoms with Crippen molar-refractivity contribution in [2.75, 3.05) is 13.2 Å². The summed E-state index contributed by atoms with van der Waals surface area (Å²) >= 11 is 0. The van der Waals surface area contributed by atoms with Gasteiger partial charge in [-0.1, -0.05) is 25.9 Å². The number of rotatable bonds is 3. The number of nitrogens with two attached hydrogens (primary N) is 1. The van der Waals surface area contributed by atoms with Gasteiger partial charge in [-0.05, 0) is 79.1 Å². The van der Waals surface area contributed by atoms with E-state index in [1.54, 1.807) is 0 Å². The van der Waals surface area contributed by atoms with Gasteiger partial charge in [0.2, 0.25) is 0 Å². The summed E-state index contributed by atoms with van der Waals surface area (Å²) in [6.07, 6.45) is 8.91. The van der Waals surface area contributed by atoms with E-state index < -0.39 is 0 Å². The Balaban J connectivity index is 1.66. The fraction of sp³-hybridized carbons (Fsp3) is 0.857. The molecule has 0 unspecified atom stereocenters. The lowest BCUT2D eigenvalue weighted by Crippen LogP contribution is -2.51. The summed E-state index contributed by atoms with van der Waals surface area (Å²) in [6.45, 7) is 8.31. The predicted molar refractivity (Wildman–Crippen MR) is 97.9 cm³/mol. The summed E-state index contributed by atoms with van der Waals surface area (Å²) < 4.78 is 5.43. The van der Waals surface area contributed by atoms with Gasteiger partial charge in [0.1, 0.15) is 5.76 Å². The molecule has 3 aliphatic rings. The lowest BCUT2D eigenvalue weighted by atomic mass is 9.51. The molecule has 140 valence electrons. The molecule has 0 bridgehead atoms. The molecule has 0 amide bonds. The number of nitrogens with zero attached hydrogens (tertiary/aromatic N) is 1. The van der Waals surface area contributed by atoms with Crippen LogP contribution in [0.15, 0.2) is 10.7 Å². The highest BCUT2D eigenvalue weighted by Gasteiger charge is 2.55. The van der Waals surface area contributed by atoms with Crippen molar-refractivity contribution < 1.29 is 9.63 Å². The van der Waals surface area contributed by atoms with Crippen molar-refractivity contribution in [3.63, 3.8) is 0 Å². The highest BCUT2D eigenvalue weighted by atomic mass is 16.5. The lowest BCUT2D eigenvalue weighted by molar-refractivity contribution is -0.0498. The van der Waals surface area contributed by atoms with Crippen LogP contribution in [0.1, 0.15) is 57.8 Å². The number of hydrogen-bond donors (Lipinski definition) is 2. The SMILES string of the molecule is CC1(C)CC[C@@H]2[C@@H](CN)[C@@H]([C@@]3(C)Cc4cnoc4C[C@@H]3CO)CC[C@@H]21. The van der Waals surface area contributed by atoms with Crippen LogP contribution in [0.3, 0.4) is 0 Å². The van der Waals surface area contributed by atoms with Crippen LogP contribution in [-0.2, 0) is 12.8 Å². The zero-order valence-corrected chi connectivity index (χ0v) is 16.0. The second-order valence-corrected chi connectivity index (χ2v) is 9.92. The van der Waals surface area contributed by atoms with Gasteiger partial charge >= 0.3 is 0 Å². The second kappa shape index (κ2) is 6.09. The quantitative estimate of drug-likeness (QED) is 0.879. The van der Waals surface area contributed by atoms with Gasteiger partial charge in [-0.2, -0.15) is 0 Å². The summed E-state index contributed by atoms with van der Waals surface area (Å²) in [5.41, 5.74) is 8.18. The van der Waals surface area contributed by atoms with Gasteiger partial charge < -0.3 is 15.4 Å². The van der Waals surface area contributed by atoms with Crippen molar-refractivity contribution >= 4 is 0 Å². The molecule has 25 heavy (non-hydrogen) atoms. The maximum atomic E-state index is 10.2. The van der Waals surface area contributed by atoms with E-state index in [0.717, 1.165) is 37.0 Å². The molecular weight excluding hydrogens is 312 g/mol. The van der Waals surface area contributed by atoms with Gasteiger partial charge in [0, 0.05) is 18.6 Å². The Morgan fingerprint density at radius 1 is 1.24 bits per heavy atom. The van der Waals surface area contributed by atoms with Crippen LogP contribution in [0.5, 0.6) is 0 Å². The zero-order valence-electron chi connectivity index (χ0n) is 16.0. The van der Waals surface area contributed by atoms with Crippen LogP contribution >= 0.6 is 0 Å². The number of aromatic nitrogens is 1. The summed E-state index contributed by atoms with van der Waals surface area (Å²) in [7, 11) is 0. The van der Waals surface area contributed by atoms with E-state index in [-0.39, 0.29) is 17.9 Å². The van der Waals surface area contributed by atoms with Crippen LogP contribution in [0, 0.1) is 40.4 Å². The minimum absolute atomic E-state index is 0.0923. The third kappa shape index (κ3) is 2.59. The summed E-state index contributed by atoms with van der Waals surface area (Å²) in [6, 6.07) is 0. The average Bonchev–Trinajstić information content (AvgIpc) is 3.16. The number of aliphatic hydroxyl groups excluding tert-OH is 1. The van der Waals surface area contributed by atoms with Crippen molar-refractivity contribution in [3.05, 3.63) is 17.5 Å². The largest absolute Gasteiger partial charge is 0.396 e. The molecule has 3 aliphatic carbocycles. The van der Waals surface area contributed by atoms with Gasteiger partial charge in [-0.25, -0.2) is 0 Å². The highest BCUT2D eigenvalue weighted by Crippen LogP contribution is 2.61. The van der Waals surface area contributed by atoms with Gasteiger partial charge in [0.05, 0.1) is 6.20 Å². The molecule has 1 aromatic heterocycles. The molecule has 0 aliphatic heterocycles. The molecule has 3 N–H and O–H groups in total. The Labute approximate surface area is 151 Å². The summed E-state index contributed by atoms with van der Waals surface area (Å²) in [5, 5.41) is 14.2. The molecule has 2 saturated carbocycles. The Hall–Kier alpha value is -0.870. The Bertz CT molecular complexity index is 625. The van der Waals surface area contributed by atoms with E-state index in [1.165, 1.54) is 31.2 Å². The number of fused-ring (bicyclic) bond motifs is 2. The van der Waals surface area contributed by atoms with Gasteiger partial charge in [0.15, 0.2) is 0 Å². The first-order chi connectivity index (χ1) is 11.9. The molecular formula is C21H34N2O2.